The van der Waals surface area contributed by atoms with Crippen LogP contribution in [0, 0.1) is 5.41 Å². The summed E-state index contributed by atoms with van der Waals surface area (Å²) in [6.07, 6.45) is 8.07. The monoisotopic (exact) mass is 137 g/mol. The minimum Gasteiger partial charge on any atom is -0.305 e. The third-order valence-electron chi connectivity index (χ3n) is 2.03. The zero-order valence-corrected chi connectivity index (χ0v) is 6.61. The lowest BCUT2D eigenvalue weighted by atomic mass is 9.95. The van der Waals surface area contributed by atoms with Crippen LogP contribution < -0.4 is 0 Å². The molecule has 1 aliphatic carbocycles. The zero-order chi connectivity index (χ0) is 7.40. The highest BCUT2D eigenvalue weighted by Crippen LogP contribution is 2.18. The lowest BCUT2D eigenvalue weighted by molar-refractivity contribution is 0.715. The van der Waals surface area contributed by atoms with Crippen LogP contribution in [-0.4, -0.2) is 5.71 Å². The van der Waals surface area contributed by atoms with Gasteiger partial charge in [0, 0.05) is 5.71 Å². The SMILES string of the molecule is CCC(=N)C1=CCCCC1. The molecule has 0 atom stereocenters. The minimum absolute atomic E-state index is 0.847. The minimum atomic E-state index is 0.847. The fourth-order valence-corrected chi connectivity index (χ4v) is 1.34. The van der Waals surface area contributed by atoms with Crippen molar-refractivity contribution in [2.45, 2.75) is 39.0 Å². The first-order valence-corrected chi connectivity index (χ1v) is 4.11. The third-order valence-corrected chi connectivity index (χ3v) is 2.03. The molecule has 0 radical (unpaired) electrons. The van der Waals surface area contributed by atoms with Gasteiger partial charge in [0.1, 0.15) is 0 Å². The lowest BCUT2D eigenvalue weighted by Gasteiger charge is -2.11. The van der Waals surface area contributed by atoms with Crippen molar-refractivity contribution >= 4 is 5.71 Å². The van der Waals surface area contributed by atoms with E-state index in [4.69, 9.17) is 5.41 Å². The van der Waals surface area contributed by atoms with Gasteiger partial charge in [0.2, 0.25) is 0 Å². The topological polar surface area (TPSA) is 23.9 Å². The van der Waals surface area contributed by atoms with Crippen molar-refractivity contribution in [1.29, 1.82) is 5.41 Å². The summed E-state index contributed by atoms with van der Waals surface area (Å²) in [6, 6.07) is 0. The van der Waals surface area contributed by atoms with Gasteiger partial charge in [0.15, 0.2) is 0 Å². The van der Waals surface area contributed by atoms with E-state index in [2.05, 4.69) is 13.0 Å². The molecule has 0 heterocycles. The predicted octanol–water partition coefficient (Wildman–Crippen LogP) is 2.92. The molecule has 0 bridgehead atoms. The van der Waals surface area contributed by atoms with Crippen molar-refractivity contribution < 1.29 is 0 Å². The average Bonchev–Trinajstić information content (AvgIpc) is 2.05. The second-order valence-corrected chi connectivity index (χ2v) is 2.81. The smallest absolute Gasteiger partial charge is 0.0339 e. The molecule has 0 aromatic carbocycles. The molecule has 56 valence electrons. The van der Waals surface area contributed by atoms with Crippen LogP contribution in [0.4, 0.5) is 0 Å². The van der Waals surface area contributed by atoms with E-state index in [0.29, 0.717) is 0 Å². The van der Waals surface area contributed by atoms with Crippen LogP contribution in [0.5, 0.6) is 0 Å². The van der Waals surface area contributed by atoms with Crippen LogP contribution in [0.3, 0.4) is 0 Å². The Morgan fingerprint density at radius 1 is 1.60 bits per heavy atom. The van der Waals surface area contributed by atoms with E-state index in [9.17, 15) is 0 Å². The van der Waals surface area contributed by atoms with E-state index >= 15 is 0 Å². The number of nitrogens with one attached hydrogen (secondary N) is 1. The second kappa shape index (κ2) is 3.55. The summed E-state index contributed by atoms with van der Waals surface area (Å²) in [7, 11) is 0. The van der Waals surface area contributed by atoms with Gasteiger partial charge in [-0.1, -0.05) is 13.0 Å². The van der Waals surface area contributed by atoms with Crippen LogP contribution in [-0.2, 0) is 0 Å². The fraction of sp³-hybridized carbons (Fsp3) is 0.667. The van der Waals surface area contributed by atoms with Crippen molar-refractivity contribution in [2.75, 3.05) is 0 Å². The summed E-state index contributed by atoms with van der Waals surface area (Å²) in [5, 5.41) is 7.56. The Hall–Kier alpha value is -0.590. The van der Waals surface area contributed by atoms with Crippen molar-refractivity contribution in [3.05, 3.63) is 11.6 Å². The molecule has 1 aliphatic rings. The molecule has 0 aliphatic heterocycles. The average molecular weight is 137 g/mol. The number of hydrogen-bond acceptors (Lipinski definition) is 1. The molecule has 1 heteroatoms. The Morgan fingerprint density at radius 3 is 2.90 bits per heavy atom. The first-order valence-electron chi connectivity index (χ1n) is 4.11. The summed E-state index contributed by atoms with van der Waals surface area (Å²) in [6.45, 7) is 2.05. The molecule has 0 aromatic heterocycles. The molecule has 0 unspecified atom stereocenters. The largest absolute Gasteiger partial charge is 0.305 e. The third kappa shape index (κ3) is 1.69. The predicted molar refractivity (Wildman–Crippen MR) is 44.6 cm³/mol. The van der Waals surface area contributed by atoms with Crippen molar-refractivity contribution in [1.82, 2.24) is 0 Å². The van der Waals surface area contributed by atoms with E-state index < -0.39 is 0 Å². The van der Waals surface area contributed by atoms with E-state index in [1.807, 2.05) is 0 Å². The standard InChI is InChI=1S/C9H15N/c1-2-9(10)8-6-4-3-5-7-8/h6,10H,2-5,7H2,1H3. The molecule has 0 amide bonds. The van der Waals surface area contributed by atoms with E-state index in [1.165, 1.54) is 24.8 Å². The maximum absolute atomic E-state index is 7.56. The van der Waals surface area contributed by atoms with Gasteiger partial charge in [-0.3, -0.25) is 0 Å². The summed E-state index contributed by atoms with van der Waals surface area (Å²) < 4.78 is 0. The molecule has 1 nitrogen and oxygen atoms in total. The molecular formula is C9H15N. The first-order chi connectivity index (χ1) is 4.84. The summed E-state index contributed by atoms with van der Waals surface area (Å²) >= 11 is 0. The Labute approximate surface area is 62.6 Å². The van der Waals surface area contributed by atoms with Crippen molar-refractivity contribution in [3.63, 3.8) is 0 Å². The van der Waals surface area contributed by atoms with Crippen LogP contribution >= 0.6 is 0 Å². The van der Waals surface area contributed by atoms with Gasteiger partial charge in [-0.05, 0) is 37.7 Å². The normalized spacial score (nSPS) is 18.3. The Morgan fingerprint density at radius 2 is 2.40 bits per heavy atom. The highest BCUT2D eigenvalue weighted by Gasteiger charge is 2.05. The number of rotatable bonds is 2. The van der Waals surface area contributed by atoms with Crippen LogP contribution in [0.25, 0.3) is 0 Å². The van der Waals surface area contributed by atoms with Gasteiger partial charge in [-0.25, -0.2) is 0 Å². The maximum Gasteiger partial charge on any atom is 0.0339 e. The van der Waals surface area contributed by atoms with E-state index in [1.54, 1.807) is 0 Å². The molecule has 0 spiro atoms. The Balaban J connectivity index is 2.53. The molecule has 0 aromatic rings. The van der Waals surface area contributed by atoms with Crippen LogP contribution in [0.15, 0.2) is 11.6 Å². The molecule has 1 rings (SSSR count). The van der Waals surface area contributed by atoms with Crippen molar-refractivity contribution in [2.24, 2.45) is 0 Å². The van der Waals surface area contributed by atoms with E-state index in [-0.39, 0.29) is 0 Å². The molecule has 0 fully saturated rings. The molecule has 10 heavy (non-hydrogen) atoms. The molecule has 1 N–H and O–H groups in total. The molecule has 0 saturated heterocycles. The van der Waals surface area contributed by atoms with Gasteiger partial charge in [0.05, 0.1) is 0 Å². The van der Waals surface area contributed by atoms with Crippen LogP contribution in [0.1, 0.15) is 39.0 Å². The Kier molecular flexibility index (Phi) is 2.67. The van der Waals surface area contributed by atoms with Gasteiger partial charge in [-0.2, -0.15) is 0 Å². The van der Waals surface area contributed by atoms with E-state index in [0.717, 1.165) is 18.6 Å². The number of allylic oxidation sites excluding steroid dienone is 2. The zero-order valence-electron chi connectivity index (χ0n) is 6.61. The Bertz CT molecular complexity index is 156. The highest BCUT2D eigenvalue weighted by atomic mass is 14.4. The lowest BCUT2D eigenvalue weighted by Crippen LogP contribution is -2.02. The number of hydrogen-bond donors (Lipinski definition) is 1. The van der Waals surface area contributed by atoms with Crippen LogP contribution in [0.2, 0.25) is 0 Å². The quantitative estimate of drug-likeness (QED) is 0.566. The first kappa shape index (κ1) is 7.52. The van der Waals surface area contributed by atoms with Gasteiger partial charge in [-0.15, -0.1) is 0 Å². The van der Waals surface area contributed by atoms with Gasteiger partial charge in [0.25, 0.3) is 0 Å². The summed E-state index contributed by atoms with van der Waals surface area (Å²) in [4.78, 5) is 0. The van der Waals surface area contributed by atoms with Gasteiger partial charge >= 0.3 is 0 Å². The molecule has 0 saturated carbocycles. The van der Waals surface area contributed by atoms with Crippen molar-refractivity contribution in [3.8, 4) is 0 Å². The summed E-state index contributed by atoms with van der Waals surface area (Å²) in [5.41, 5.74) is 2.15. The molecular weight excluding hydrogens is 122 g/mol. The highest BCUT2D eigenvalue weighted by molar-refractivity contribution is 5.97. The van der Waals surface area contributed by atoms with Gasteiger partial charge < -0.3 is 5.41 Å². The summed E-state index contributed by atoms with van der Waals surface area (Å²) in [5.74, 6) is 0. The second-order valence-electron chi connectivity index (χ2n) is 2.81. The maximum atomic E-state index is 7.56. The fourth-order valence-electron chi connectivity index (χ4n) is 1.34.